The number of hydrogen-bond donors (Lipinski definition) is 1. The molecule has 1 aromatic heterocycles. The molecule has 80 valence electrons. The lowest BCUT2D eigenvalue weighted by atomic mass is 9.93. The topological polar surface area (TPSA) is 62.7 Å². The third-order valence-corrected chi connectivity index (χ3v) is 3.19. The van der Waals surface area contributed by atoms with Gasteiger partial charge in [0, 0.05) is 11.1 Å². The lowest BCUT2D eigenvalue weighted by Gasteiger charge is -2.14. The number of rotatable bonds is 4. The van der Waals surface area contributed by atoms with Crippen molar-refractivity contribution < 1.29 is 0 Å². The molecule has 1 aromatic rings. The lowest BCUT2D eigenvalue weighted by Crippen LogP contribution is -2.08. The van der Waals surface area contributed by atoms with E-state index in [1.54, 1.807) is 24.2 Å². The van der Waals surface area contributed by atoms with Crippen molar-refractivity contribution in [2.24, 2.45) is 5.41 Å². The lowest BCUT2D eigenvalue weighted by molar-refractivity contribution is 0.482. The number of thioether (sulfide) groups is 1. The van der Waals surface area contributed by atoms with Gasteiger partial charge in [0.25, 0.3) is 0 Å². The average molecular weight is 221 g/mol. The van der Waals surface area contributed by atoms with E-state index in [9.17, 15) is 0 Å². The van der Waals surface area contributed by atoms with Crippen LogP contribution in [0.15, 0.2) is 23.4 Å². The minimum absolute atomic E-state index is 0.255. The molecule has 0 aliphatic carbocycles. The van der Waals surface area contributed by atoms with E-state index in [0.29, 0.717) is 5.69 Å². The van der Waals surface area contributed by atoms with Gasteiger partial charge in [0.05, 0.1) is 23.4 Å². The van der Waals surface area contributed by atoms with Gasteiger partial charge in [-0.25, -0.2) is 0 Å². The fraction of sp³-hybridized carbons (Fsp3) is 0.455. The van der Waals surface area contributed by atoms with E-state index >= 15 is 0 Å². The Labute approximate surface area is 94.7 Å². The average Bonchev–Trinajstić information content (AvgIpc) is 2.21. The Balaban J connectivity index is 2.46. The summed E-state index contributed by atoms with van der Waals surface area (Å²) in [6, 6.07) is 4.19. The molecule has 1 rings (SSSR count). The van der Waals surface area contributed by atoms with E-state index in [0.717, 1.165) is 17.1 Å². The van der Waals surface area contributed by atoms with E-state index in [4.69, 9.17) is 11.0 Å². The van der Waals surface area contributed by atoms with Crippen molar-refractivity contribution in [3.8, 4) is 6.07 Å². The summed E-state index contributed by atoms with van der Waals surface area (Å²) in [5.41, 5.74) is 6.21. The second-order valence-electron chi connectivity index (χ2n) is 4.01. The third-order valence-electron chi connectivity index (χ3n) is 2.10. The summed E-state index contributed by atoms with van der Waals surface area (Å²) < 4.78 is 0. The van der Waals surface area contributed by atoms with Gasteiger partial charge >= 0.3 is 0 Å². The highest BCUT2D eigenvalue weighted by Gasteiger charge is 2.16. The first-order valence-electron chi connectivity index (χ1n) is 4.79. The molecule has 0 amide bonds. The number of nitrogen functional groups attached to an aromatic ring is 1. The Morgan fingerprint density at radius 2 is 2.33 bits per heavy atom. The molecule has 0 aliphatic heterocycles. The second-order valence-corrected chi connectivity index (χ2v) is 5.14. The van der Waals surface area contributed by atoms with Crippen LogP contribution in [0.5, 0.6) is 0 Å². The first-order valence-corrected chi connectivity index (χ1v) is 5.77. The van der Waals surface area contributed by atoms with Gasteiger partial charge in [0.2, 0.25) is 0 Å². The molecule has 0 bridgehead atoms. The predicted molar refractivity (Wildman–Crippen MR) is 63.4 cm³/mol. The third kappa shape index (κ3) is 3.80. The number of pyridine rings is 1. The fourth-order valence-corrected chi connectivity index (χ4v) is 2.21. The molecule has 4 heteroatoms. The zero-order chi connectivity index (χ0) is 11.3. The Bertz CT molecular complexity index is 368. The van der Waals surface area contributed by atoms with E-state index < -0.39 is 0 Å². The van der Waals surface area contributed by atoms with E-state index in [1.807, 2.05) is 19.9 Å². The van der Waals surface area contributed by atoms with Crippen LogP contribution in [0.2, 0.25) is 0 Å². The molecule has 1 heterocycles. The summed E-state index contributed by atoms with van der Waals surface area (Å²) >= 11 is 1.67. The number of hydrogen-bond acceptors (Lipinski definition) is 4. The Hall–Kier alpha value is -1.21. The quantitative estimate of drug-likeness (QED) is 0.794. The molecule has 0 fully saturated rings. The van der Waals surface area contributed by atoms with Gasteiger partial charge in [-0.3, -0.25) is 4.98 Å². The monoisotopic (exact) mass is 221 g/mol. The fourth-order valence-electron chi connectivity index (χ4n) is 0.997. The van der Waals surface area contributed by atoms with E-state index in [-0.39, 0.29) is 5.41 Å². The van der Waals surface area contributed by atoms with Crippen LogP contribution >= 0.6 is 11.8 Å². The molecule has 3 nitrogen and oxygen atoms in total. The van der Waals surface area contributed by atoms with Crippen LogP contribution in [0.3, 0.4) is 0 Å². The number of anilines is 1. The summed E-state index contributed by atoms with van der Waals surface area (Å²) in [7, 11) is 0. The van der Waals surface area contributed by atoms with Crippen molar-refractivity contribution in [2.75, 3.05) is 11.5 Å². The van der Waals surface area contributed by atoms with Crippen molar-refractivity contribution in [1.29, 1.82) is 5.26 Å². The van der Waals surface area contributed by atoms with Gasteiger partial charge < -0.3 is 5.73 Å². The van der Waals surface area contributed by atoms with Crippen molar-refractivity contribution in [1.82, 2.24) is 4.98 Å². The van der Waals surface area contributed by atoms with Crippen LogP contribution in [-0.4, -0.2) is 10.7 Å². The van der Waals surface area contributed by atoms with Gasteiger partial charge in [-0.1, -0.05) is 0 Å². The molecule has 0 spiro atoms. The number of aromatic nitrogens is 1. The highest BCUT2D eigenvalue weighted by Crippen LogP contribution is 2.28. The highest BCUT2D eigenvalue weighted by atomic mass is 32.2. The van der Waals surface area contributed by atoms with Crippen molar-refractivity contribution in [2.45, 2.75) is 25.2 Å². The molecule has 0 saturated carbocycles. The maximum atomic E-state index is 8.85. The highest BCUT2D eigenvalue weighted by molar-refractivity contribution is 7.99. The first-order chi connectivity index (χ1) is 7.05. The molecule has 0 radical (unpaired) electrons. The molecule has 0 unspecified atom stereocenters. The molecule has 2 N–H and O–H groups in total. The molecule has 15 heavy (non-hydrogen) atoms. The van der Waals surface area contributed by atoms with Crippen molar-refractivity contribution in [3.05, 3.63) is 18.5 Å². The van der Waals surface area contributed by atoms with E-state index in [1.165, 1.54) is 0 Å². The van der Waals surface area contributed by atoms with Crippen LogP contribution in [0.1, 0.15) is 20.3 Å². The summed E-state index contributed by atoms with van der Waals surface area (Å²) in [6.45, 7) is 3.90. The maximum absolute atomic E-state index is 8.85. The van der Waals surface area contributed by atoms with Gasteiger partial charge in [-0.05, 0) is 32.1 Å². The second kappa shape index (κ2) is 5.04. The number of nitrogens with two attached hydrogens (primary N) is 1. The standard InChI is InChI=1S/C11H15N3S/c1-11(2,8-12)4-6-15-10-3-5-14-7-9(10)13/h3,5,7H,4,6,13H2,1-2H3. The normalized spacial score (nSPS) is 11.0. The van der Waals surface area contributed by atoms with Crippen molar-refractivity contribution >= 4 is 17.4 Å². The Morgan fingerprint density at radius 3 is 2.93 bits per heavy atom. The van der Waals surface area contributed by atoms with Gasteiger partial charge in [0.1, 0.15) is 0 Å². The molecule has 0 atom stereocenters. The zero-order valence-electron chi connectivity index (χ0n) is 9.03. The van der Waals surface area contributed by atoms with Gasteiger partial charge in [-0.2, -0.15) is 5.26 Å². The SMILES string of the molecule is CC(C)(C#N)CCSc1ccncc1N. The maximum Gasteiger partial charge on any atom is 0.0684 e. The van der Waals surface area contributed by atoms with Crippen molar-refractivity contribution in [3.63, 3.8) is 0 Å². The van der Waals surface area contributed by atoms with Gasteiger partial charge in [-0.15, -0.1) is 11.8 Å². The Morgan fingerprint density at radius 1 is 1.60 bits per heavy atom. The smallest absolute Gasteiger partial charge is 0.0684 e. The molecule has 0 aliphatic rings. The predicted octanol–water partition coefficient (Wildman–Crippen LogP) is 2.70. The summed E-state index contributed by atoms with van der Waals surface area (Å²) in [5.74, 6) is 0.898. The van der Waals surface area contributed by atoms with Gasteiger partial charge in [0.15, 0.2) is 0 Å². The minimum Gasteiger partial charge on any atom is -0.397 e. The summed E-state index contributed by atoms with van der Waals surface area (Å²) in [5, 5.41) is 8.85. The van der Waals surface area contributed by atoms with Crippen LogP contribution in [0.4, 0.5) is 5.69 Å². The minimum atomic E-state index is -0.255. The molecular formula is C11H15N3S. The van der Waals surface area contributed by atoms with Crippen LogP contribution < -0.4 is 5.73 Å². The summed E-state index contributed by atoms with van der Waals surface area (Å²) in [4.78, 5) is 4.97. The molecular weight excluding hydrogens is 206 g/mol. The Kier molecular flexibility index (Phi) is 3.98. The van der Waals surface area contributed by atoms with Crippen LogP contribution in [0, 0.1) is 16.7 Å². The van der Waals surface area contributed by atoms with Crippen LogP contribution in [0.25, 0.3) is 0 Å². The summed E-state index contributed by atoms with van der Waals surface area (Å²) in [6.07, 6.45) is 4.24. The number of nitrogens with zero attached hydrogens (tertiary/aromatic N) is 2. The van der Waals surface area contributed by atoms with Crippen LogP contribution in [-0.2, 0) is 0 Å². The number of nitriles is 1. The zero-order valence-corrected chi connectivity index (χ0v) is 9.84. The van der Waals surface area contributed by atoms with E-state index in [2.05, 4.69) is 11.1 Å². The molecule has 0 aromatic carbocycles. The molecule has 0 saturated heterocycles. The first kappa shape index (κ1) is 11.9. The largest absolute Gasteiger partial charge is 0.397 e.